The number of aryl methyl sites for hydroxylation is 1. The third kappa shape index (κ3) is 2.04. The van der Waals surface area contributed by atoms with Crippen LogP contribution in [0.2, 0.25) is 0 Å². The van der Waals surface area contributed by atoms with Crippen molar-refractivity contribution < 1.29 is 24.1 Å². The van der Waals surface area contributed by atoms with Crippen LogP contribution in [0.1, 0.15) is 30.4 Å². The molecule has 1 unspecified atom stereocenters. The minimum Gasteiger partial charge on any atom is -0.481 e. The lowest BCUT2D eigenvalue weighted by Gasteiger charge is -2.43. The second kappa shape index (κ2) is 4.42. The van der Waals surface area contributed by atoms with Gasteiger partial charge in [0.25, 0.3) is 0 Å². The summed E-state index contributed by atoms with van der Waals surface area (Å²) in [5.74, 6) is 0.660. The average molecular weight is 264 g/mol. The molecule has 0 spiro atoms. The van der Waals surface area contributed by atoms with Crippen molar-refractivity contribution in [3.05, 3.63) is 23.3 Å². The Balaban J connectivity index is 1.93. The van der Waals surface area contributed by atoms with Crippen LogP contribution in [0, 0.1) is 6.92 Å². The van der Waals surface area contributed by atoms with Gasteiger partial charge in [-0.2, -0.15) is 0 Å². The molecule has 5 nitrogen and oxygen atoms in total. The fourth-order valence-corrected chi connectivity index (χ4v) is 2.74. The number of carboxylic acids is 1. The second-order valence-corrected chi connectivity index (χ2v) is 5.01. The summed E-state index contributed by atoms with van der Waals surface area (Å²) < 4.78 is 16.5. The Bertz CT molecular complexity index is 519. The van der Waals surface area contributed by atoms with Gasteiger partial charge < -0.3 is 19.3 Å². The van der Waals surface area contributed by atoms with Crippen LogP contribution in [0.3, 0.4) is 0 Å². The number of benzene rings is 1. The summed E-state index contributed by atoms with van der Waals surface area (Å²) in [4.78, 5) is 10.8. The summed E-state index contributed by atoms with van der Waals surface area (Å²) in [6.07, 6.45) is 1.44. The highest BCUT2D eigenvalue weighted by Gasteiger charge is 2.42. The zero-order valence-electron chi connectivity index (χ0n) is 10.8. The van der Waals surface area contributed by atoms with Crippen molar-refractivity contribution in [1.29, 1.82) is 0 Å². The highest BCUT2D eigenvalue weighted by atomic mass is 16.7. The Morgan fingerprint density at radius 1 is 1.37 bits per heavy atom. The fraction of sp³-hybridized carbons (Fsp3) is 0.500. The van der Waals surface area contributed by atoms with Gasteiger partial charge >= 0.3 is 5.97 Å². The number of ether oxygens (including phenoxy) is 3. The van der Waals surface area contributed by atoms with Gasteiger partial charge in [0.15, 0.2) is 11.5 Å². The molecule has 0 saturated carbocycles. The first-order chi connectivity index (χ1) is 9.11. The first kappa shape index (κ1) is 12.3. The Kier molecular flexibility index (Phi) is 2.86. The molecule has 0 amide bonds. The highest BCUT2D eigenvalue weighted by molar-refractivity contribution is 5.67. The van der Waals surface area contributed by atoms with E-state index in [0.29, 0.717) is 18.8 Å². The first-order valence-electron chi connectivity index (χ1n) is 6.37. The highest BCUT2D eigenvalue weighted by Crippen LogP contribution is 2.46. The van der Waals surface area contributed by atoms with Gasteiger partial charge in [0, 0.05) is 12.8 Å². The van der Waals surface area contributed by atoms with Crippen molar-refractivity contribution in [2.75, 3.05) is 13.4 Å². The smallest absolute Gasteiger partial charge is 0.303 e. The molecule has 2 aliphatic rings. The summed E-state index contributed by atoms with van der Waals surface area (Å²) in [5.41, 5.74) is 1.60. The van der Waals surface area contributed by atoms with E-state index >= 15 is 0 Å². The van der Waals surface area contributed by atoms with Gasteiger partial charge in [-0.05, 0) is 36.6 Å². The number of fused-ring (bicyclic) bond motifs is 1. The number of carboxylic acid groups (broad SMARTS) is 1. The van der Waals surface area contributed by atoms with Crippen molar-refractivity contribution in [2.24, 2.45) is 0 Å². The maximum Gasteiger partial charge on any atom is 0.303 e. The SMILES string of the molecule is Cc1cc2c(cc1C1(CCC(=O)O)CCO1)OCO2. The summed E-state index contributed by atoms with van der Waals surface area (Å²) in [7, 11) is 0. The molecule has 102 valence electrons. The van der Waals surface area contributed by atoms with E-state index in [9.17, 15) is 4.79 Å². The van der Waals surface area contributed by atoms with Gasteiger partial charge in [0.05, 0.1) is 12.2 Å². The largest absolute Gasteiger partial charge is 0.481 e. The predicted octanol–water partition coefficient (Wildman–Crippen LogP) is 2.20. The number of rotatable bonds is 4. The number of hydrogen-bond acceptors (Lipinski definition) is 4. The Morgan fingerprint density at radius 2 is 2.05 bits per heavy atom. The standard InChI is InChI=1S/C14H16O5/c1-9-6-11-12(18-8-17-11)7-10(9)14(4-5-19-14)3-2-13(15)16/h6-7H,2-5,8H2,1H3,(H,15,16). The van der Waals surface area contributed by atoms with Gasteiger partial charge in [-0.25, -0.2) is 0 Å². The van der Waals surface area contributed by atoms with Crippen LogP contribution >= 0.6 is 0 Å². The van der Waals surface area contributed by atoms with Crippen LogP contribution in [0.4, 0.5) is 0 Å². The Morgan fingerprint density at radius 3 is 2.63 bits per heavy atom. The molecular weight excluding hydrogens is 248 g/mol. The van der Waals surface area contributed by atoms with Crippen molar-refractivity contribution >= 4 is 5.97 Å². The summed E-state index contributed by atoms with van der Waals surface area (Å²) in [5, 5.41) is 8.87. The minimum absolute atomic E-state index is 0.105. The molecule has 0 bridgehead atoms. The van der Waals surface area contributed by atoms with E-state index in [4.69, 9.17) is 19.3 Å². The lowest BCUT2D eigenvalue weighted by Crippen LogP contribution is -2.41. The van der Waals surface area contributed by atoms with E-state index in [1.807, 2.05) is 19.1 Å². The van der Waals surface area contributed by atoms with Crippen molar-refractivity contribution in [3.8, 4) is 11.5 Å². The molecular formula is C14H16O5. The van der Waals surface area contributed by atoms with E-state index in [1.54, 1.807) is 0 Å². The topological polar surface area (TPSA) is 65.0 Å². The Labute approximate surface area is 111 Å². The molecule has 0 aliphatic carbocycles. The van der Waals surface area contributed by atoms with Crippen LogP contribution in [0.5, 0.6) is 11.5 Å². The molecule has 19 heavy (non-hydrogen) atoms. The molecule has 1 aromatic rings. The van der Waals surface area contributed by atoms with Crippen LogP contribution in [-0.4, -0.2) is 24.5 Å². The van der Waals surface area contributed by atoms with Gasteiger partial charge in [-0.1, -0.05) is 0 Å². The maximum atomic E-state index is 10.8. The minimum atomic E-state index is -0.798. The number of aliphatic carboxylic acids is 1. The fourth-order valence-electron chi connectivity index (χ4n) is 2.74. The zero-order chi connectivity index (χ0) is 13.5. The third-order valence-corrected chi connectivity index (χ3v) is 3.84. The van der Waals surface area contributed by atoms with E-state index in [-0.39, 0.29) is 13.2 Å². The molecule has 1 atom stereocenters. The molecule has 1 aromatic carbocycles. The van der Waals surface area contributed by atoms with E-state index in [1.165, 1.54) is 0 Å². The van der Waals surface area contributed by atoms with E-state index in [2.05, 4.69) is 0 Å². The second-order valence-electron chi connectivity index (χ2n) is 5.01. The number of hydrogen-bond donors (Lipinski definition) is 1. The normalized spacial score (nSPS) is 24.1. The van der Waals surface area contributed by atoms with E-state index in [0.717, 1.165) is 23.3 Å². The van der Waals surface area contributed by atoms with Crippen LogP contribution in [0.15, 0.2) is 12.1 Å². The lowest BCUT2D eigenvalue weighted by molar-refractivity contribution is -0.166. The van der Waals surface area contributed by atoms with Crippen LogP contribution < -0.4 is 9.47 Å². The molecule has 2 heterocycles. The van der Waals surface area contributed by atoms with Crippen molar-refractivity contribution in [2.45, 2.75) is 31.8 Å². The summed E-state index contributed by atoms with van der Waals surface area (Å²) >= 11 is 0. The van der Waals surface area contributed by atoms with Gasteiger partial charge in [0.2, 0.25) is 6.79 Å². The van der Waals surface area contributed by atoms with Gasteiger partial charge in [-0.15, -0.1) is 0 Å². The lowest BCUT2D eigenvalue weighted by atomic mass is 9.80. The first-order valence-corrected chi connectivity index (χ1v) is 6.37. The molecule has 1 N–H and O–H groups in total. The average Bonchev–Trinajstić information content (AvgIpc) is 2.74. The molecule has 1 saturated heterocycles. The summed E-state index contributed by atoms with van der Waals surface area (Å²) in [6.45, 7) is 2.90. The number of carbonyl (C=O) groups is 1. The summed E-state index contributed by atoms with van der Waals surface area (Å²) in [6, 6.07) is 3.86. The van der Waals surface area contributed by atoms with Crippen molar-refractivity contribution in [1.82, 2.24) is 0 Å². The molecule has 0 radical (unpaired) electrons. The maximum absolute atomic E-state index is 10.8. The third-order valence-electron chi connectivity index (χ3n) is 3.84. The van der Waals surface area contributed by atoms with Gasteiger partial charge in [-0.3, -0.25) is 4.79 Å². The van der Waals surface area contributed by atoms with Gasteiger partial charge in [0.1, 0.15) is 0 Å². The Hall–Kier alpha value is -1.75. The molecule has 5 heteroatoms. The van der Waals surface area contributed by atoms with E-state index < -0.39 is 11.6 Å². The molecule has 0 aromatic heterocycles. The van der Waals surface area contributed by atoms with Crippen molar-refractivity contribution in [3.63, 3.8) is 0 Å². The molecule has 1 fully saturated rings. The zero-order valence-corrected chi connectivity index (χ0v) is 10.8. The monoisotopic (exact) mass is 264 g/mol. The van der Waals surface area contributed by atoms with Crippen LogP contribution in [0.25, 0.3) is 0 Å². The predicted molar refractivity (Wildman–Crippen MR) is 66.4 cm³/mol. The van der Waals surface area contributed by atoms with Crippen LogP contribution in [-0.2, 0) is 15.1 Å². The molecule has 2 aliphatic heterocycles. The molecule has 3 rings (SSSR count). The quantitative estimate of drug-likeness (QED) is 0.903.